The van der Waals surface area contributed by atoms with E-state index in [4.69, 9.17) is 0 Å². The van der Waals surface area contributed by atoms with Crippen molar-refractivity contribution in [2.75, 3.05) is 18.4 Å². The molecular formula is C23H22N4O3S. The Balaban J connectivity index is 1.32. The third-order valence-corrected chi connectivity index (χ3v) is 6.26. The first kappa shape index (κ1) is 20.7. The van der Waals surface area contributed by atoms with Gasteiger partial charge in [0.25, 0.3) is 5.91 Å². The van der Waals surface area contributed by atoms with Crippen LogP contribution in [-0.4, -0.2) is 45.4 Å². The van der Waals surface area contributed by atoms with Crippen molar-refractivity contribution >= 4 is 40.2 Å². The van der Waals surface area contributed by atoms with Crippen LogP contribution in [0.4, 0.5) is 5.69 Å². The summed E-state index contributed by atoms with van der Waals surface area (Å²) in [4.78, 5) is 39.2. The average Bonchev–Trinajstić information content (AvgIpc) is 3.44. The first-order valence-corrected chi connectivity index (χ1v) is 10.8. The lowest BCUT2D eigenvalue weighted by atomic mass is 9.99. The van der Waals surface area contributed by atoms with Gasteiger partial charge in [0.05, 0.1) is 21.6 Å². The molecule has 0 saturated carbocycles. The molecule has 158 valence electrons. The number of carbonyl (C=O) groups is 3. The summed E-state index contributed by atoms with van der Waals surface area (Å²) >= 11 is 1.15. The minimum absolute atomic E-state index is 0.0197. The lowest BCUT2D eigenvalue weighted by molar-refractivity contribution is -0.131. The van der Waals surface area contributed by atoms with Gasteiger partial charge in [-0.25, -0.2) is 0 Å². The number of ketones is 1. The van der Waals surface area contributed by atoms with Crippen LogP contribution in [-0.2, 0) is 11.3 Å². The fourth-order valence-electron chi connectivity index (χ4n) is 3.41. The van der Waals surface area contributed by atoms with E-state index in [1.165, 1.54) is 28.9 Å². The van der Waals surface area contributed by atoms with Gasteiger partial charge in [-0.3, -0.25) is 19.1 Å². The average molecular weight is 435 g/mol. The zero-order valence-electron chi connectivity index (χ0n) is 17.1. The van der Waals surface area contributed by atoms with Gasteiger partial charge in [0.15, 0.2) is 5.78 Å². The van der Waals surface area contributed by atoms with Crippen molar-refractivity contribution in [3.05, 3.63) is 76.3 Å². The molecule has 2 aromatic heterocycles. The molecule has 0 unspecified atom stereocenters. The van der Waals surface area contributed by atoms with E-state index >= 15 is 0 Å². The van der Waals surface area contributed by atoms with Gasteiger partial charge in [-0.15, -0.1) is 11.3 Å². The van der Waals surface area contributed by atoms with Crippen molar-refractivity contribution in [1.82, 2.24) is 14.7 Å². The van der Waals surface area contributed by atoms with Crippen LogP contribution < -0.4 is 5.32 Å². The molecule has 0 atom stereocenters. The van der Waals surface area contributed by atoms with E-state index in [0.717, 1.165) is 17.8 Å². The monoisotopic (exact) mass is 434 g/mol. The zero-order valence-corrected chi connectivity index (χ0v) is 17.9. The Morgan fingerprint density at radius 1 is 1.10 bits per heavy atom. The van der Waals surface area contributed by atoms with Crippen molar-refractivity contribution in [3.63, 3.8) is 0 Å². The van der Waals surface area contributed by atoms with Crippen LogP contribution in [0.3, 0.4) is 0 Å². The second-order valence-corrected chi connectivity index (χ2v) is 8.37. The maximum atomic E-state index is 12.6. The number of Topliss-reactive ketones (excluding diaryl/α,β-unsaturated/α-hetero) is 1. The van der Waals surface area contributed by atoms with Crippen LogP contribution in [0.15, 0.2) is 60.9 Å². The number of anilines is 1. The molecule has 0 aliphatic carbocycles. The van der Waals surface area contributed by atoms with Crippen LogP contribution in [0, 0.1) is 0 Å². The molecule has 7 nitrogen and oxygen atoms in total. The molecule has 1 aliphatic rings. The van der Waals surface area contributed by atoms with E-state index in [1.54, 1.807) is 23.2 Å². The minimum Gasteiger partial charge on any atom is -0.337 e. The molecule has 1 N–H and O–H groups in total. The van der Waals surface area contributed by atoms with Gasteiger partial charge in [0.2, 0.25) is 5.91 Å². The number of benzene rings is 1. The van der Waals surface area contributed by atoms with Gasteiger partial charge in [-0.05, 0) is 36.6 Å². The molecule has 4 rings (SSSR count). The molecule has 0 saturated heterocycles. The third-order valence-electron chi connectivity index (χ3n) is 5.07. The largest absolute Gasteiger partial charge is 0.337 e. The maximum absolute atomic E-state index is 12.6. The highest BCUT2D eigenvalue weighted by Crippen LogP contribution is 2.22. The maximum Gasteiger partial charge on any atom is 0.265 e. The van der Waals surface area contributed by atoms with E-state index < -0.39 is 0 Å². The van der Waals surface area contributed by atoms with E-state index in [9.17, 15) is 14.4 Å². The molecule has 0 spiro atoms. The Morgan fingerprint density at radius 3 is 2.55 bits per heavy atom. The van der Waals surface area contributed by atoms with Crippen LogP contribution in [0.2, 0.25) is 0 Å². The first-order valence-electron chi connectivity index (χ1n) is 9.96. The number of nitrogens with zero attached hydrogens (tertiary/aromatic N) is 3. The Kier molecular flexibility index (Phi) is 6.08. The molecule has 0 bridgehead atoms. The van der Waals surface area contributed by atoms with Crippen molar-refractivity contribution in [2.45, 2.75) is 19.9 Å². The van der Waals surface area contributed by atoms with Gasteiger partial charge < -0.3 is 10.2 Å². The zero-order chi connectivity index (χ0) is 21.8. The number of carbonyl (C=O) groups excluding carboxylic acids is 3. The summed E-state index contributed by atoms with van der Waals surface area (Å²) in [5.74, 6) is -0.398. The summed E-state index contributed by atoms with van der Waals surface area (Å²) in [7, 11) is 0. The Labute approximate surface area is 184 Å². The van der Waals surface area contributed by atoms with Crippen molar-refractivity contribution in [2.24, 2.45) is 0 Å². The molecule has 3 heterocycles. The van der Waals surface area contributed by atoms with E-state index in [0.29, 0.717) is 28.5 Å². The van der Waals surface area contributed by atoms with Crippen LogP contribution >= 0.6 is 11.3 Å². The molecule has 31 heavy (non-hydrogen) atoms. The summed E-state index contributed by atoms with van der Waals surface area (Å²) < 4.78 is 1.52. The predicted octanol–water partition coefficient (Wildman–Crippen LogP) is 3.72. The fraction of sp³-hybridized carbons (Fsp3) is 0.217. The van der Waals surface area contributed by atoms with Crippen LogP contribution in [0.5, 0.6) is 0 Å². The lowest BCUT2D eigenvalue weighted by Gasteiger charge is -2.26. The van der Waals surface area contributed by atoms with Crippen molar-refractivity contribution < 1.29 is 14.4 Å². The SMILES string of the molecule is CC(=O)c1ccc(C(=O)Nc2cnn(CC(=O)N3CC=C(c4ccccc4)CC3)c2)s1. The molecule has 2 amide bonds. The topological polar surface area (TPSA) is 84.3 Å². The number of rotatable bonds is 6. The molecule has 0 radical (unpaired) electrons. The van der Waals surface area contributed by atoms with Crippen molar-refractivity contribution in [3.8, 4) is 0 Å². The number of amides is 2. The first-order chi connectivity index (χ1) is 15.0. The smallest absolute Gasteiger partial charge is 0.265 e. The Bertz CT molecular complexity index is 1150. The normalized spacial score (nSPS) is 13.6. The minimum atomic E-state index is -0.307. The fourth-order valence-corrected chi connectivity index (χ4v) is 4.20. The van der Waals surface area contributed by atoms with E-state index in [2.05, 4.69) is 28.6 Å². The number of thiophene rings is 1. The lowest BCUT2D eigenvalue weighted by Crippen LogP contribution is -2.37. The quantitative estimate of drug-likeness (QED) is 0.600. The molecular weight excluding hydrogens is 412 g/mol. The molecule has 8 heteroatoms. The molecule has 0 fully saturated rings. The third kappa shape index (κ3) is 4.97. The van der Waals surface area contributed by atoms with Crippen LogP contribution in [0.1, 0.15) is 38.3 Å². The summed E-state index contributed by atoms with van der Waals surface area (Å²) in [6, 6.07) is 13.5. The second-order valence-electron chi connectivity index (χ2n) is 7.29. The summed E-state index contributed by atoms with van der Waals surface area (Å²) in [5, 5.41) is 6.93. The predicted molar refractivity (Wildman–Crippen MR) is 120 cm³/mol. The summed E-state index contributed by atoms with van der Waals surface area (Å²) in [5.41, 5.74) is 2.96. The number of nitrogens with one attached hydrogen (secondary N) is 1. The van der Waals surface area contributed by atoms with Crippen molar-refractivity contribution in [1.29, 1.82) is 0 Å². The van der Waals surface area contributed by atoms with E-state index in [-0.39, 0.29) is 24.1 Å². The van der Waals surface area contributed by atoms with Gasteiger partial charge >= 0.3 is 0 Å². The number of hydrogen-bond acceptors (Lipinski definition) is 5. The molecule has 3 aromatic rings. The summed E-state index contributed by atoms with van der Waals surface area (Å²) in [6.07, 6.45) is 6.06. The van der Waals surface area contributed by atoms with Gasteiger partial charge in [-0.1, -0.05) is 36.4 Å². The standard InChI is InChI=1S/C23H22N4O3S/c1-16(28)20-7-8-21(31-20)23(30)25-19-13-24-27(14-19)15-22(29)26-11-9-18(10-12-26)17-5-3-2-4-6-17/h2-9,13-14H,10-12,15H2,1H3,(H,25,30). The van der Waals surface area contributed by atoms with Gasteiger partial charge in [0, 0.05) is 19.3 Å². The molecule has 1 aromatic carbocycles. The van der Waals surface area contributed by atoms with Gasteiger partial charge in [0.1, 0.15) is 6.54 Å². The van der Waals surface area contributed by atoms with Gasteiger partial charge in [-0.2, -0.15) is 5.10 Å². The highest BCUT2D eigenvalue weighted by Gasteiger charge is 2.19. The number of aromatic nitrogens is 2. The Morgan fingerprint density at radius 2 is 1.87 bits per heavy atom. The number of hydrogen-bond donors (Lipinski definition) is 1. The highest BCUT2D eigenvalue weighted by atomic mass is 32.1. The van der Waals surface area contributed by atoms with Crippen LogP contribution in [0.25, 0.3) is 5.57 Å². The summed E-state index contributed by atoms with van der Waals surface area (Å²) in [6.45, 7) is 2.82. The van der Waals surface area contributed by atoms with E-state index in [1.807, 2.05) is 18.2 Å². The second kappa shape index (κ2) is 9.09. The highest BCUT2D eigenvalue weighted by molar-refractivity contribution is 7.16. The Hall–Kier alpha value is -3.52. The molecule has 1 aliphatic heterocycles.